The van der Waals surface area contributed by atoms with Gasteiger partial charge in [-0.15, -0.1) is 0 Å². The summed E-state index contributed by atoms with van der Waals surface area (Å²) in [6.45, 7) is 2.76. The van der Waals surface area contributed by atoms with Crippen molar-refractivity contribution >= 4 is 16.8 Å². The Hall–Kier alpha value is -3.08. The van der Waals surface area contributed by atoms with Crippen molar-refractivity contribution in [3.05, 3.63) is 54.1 Å². The Bertz CT molecular complexity index is 1010. The fourth-order valence-corrected chi connectivity index (χ4v) is 3.39. The van der Waals surface area contributed by atoms with Crippen molar-refractivity contribution in [1.29, 1.82) is 0 Å². The topological polar surface area (TPSA) is 51.7 Å². The van der Waals surface area contributed by atoms with Gasteiger partial charge in [0.05, 0.1) is 16.8 Å². The Morgan fingerprint density at radius 2 is 1.77 bits per heavy atom. The van der Waals surface area contributed by atoms with Crippen LogP contribution < -0.4 is 9.47 Å². The van der Waals surface area contributed by atoms with Gasteiger partial charge in [0.1, 0.15) is 13.2 Å². The summed E-state index contributed by atoms with van der Waals surface area (Å²) in [4.78, 5) is 19.6. The van der Waals surface area contributed by atoms with Gasteiger partial charge >= 0.3 is 0 Å². The molecule has 2 aliphatic rings. The summed E-state index contributed by atoms with van der Waals surface area (Å²) < 4.78 is 11.3. The first kappa shape index (κ1) is 15.2. The standard InChI is InChI=1S/C21H18N2O3/c24-21(23-8-3-9-23)16-13-18(22-17-5-2-1-4-15(16)17)14-6-7-19-20(12-14)26-11-10-25-19/h1-2,4-7,12-13H,3,8-11H2. The molecule has 0 bridgehead atoms. The van der Waals surface area contributed by atoms with Gasteiger partial charge in [-0.3, -0.25) is 4.79 Å². The third-order valence-electron chi connectivity index (χ3n) is 4.93. The monoisotopic (exact) mass is 346 g/mol. The van der Waals surface area contributed by atoms with Gasteiger partial charge in [0.25, 0.3) is 5.91 Å². The van der Waals surface area contributed by atoms with Crippen molar-refractivity contribution in [3.8, 4) is 22.8 Å². The minimum atomic E-state index is 0.0774. The maximum absolute atomic E-state index is 12.9. The molecule has 0 spiro atoms. The van der Waals surface area contributed by atoms with Crippen molar-refractivity contribution < 1.29 is 14.3 Å². The van der Waals surface area contributed by atoms with Crippen molar-refractivity contribution in [2.75, 3.05) is 26.3 Å². The number of para-hydroxylation sites is 1. The number of carbonyl (C=O) groups excluding carboxylic acids is 1. The smallest absolute Gasteiger partial charge is 0.254 e. The largest absolute Gasteiger partial charge is 0.486 e. The molecule has 1 fully saturated rings. The molecule has 1 amide bonds. The first-order valence-electron chi connectivity index (χ1n) is 8.89. The lowest BCUT2D eigenvalue weighted by Crippen LogP contribution is -2.42. The third-order valence-corrected chi connectivity index (χ3v) is 4.93. The van der Waals surface area contributed by atoms with Crippen molar-refractivity contribution in [3.63, 3.8) is 0 Å². The van der Waals surface area contributed by atoms with E-state index in [9.17, 15) is 4.79 Å². The van der Waals surface area contributed by atoms with Gasteiger partial charge in [0, 0.05) is 24.0 Å². The molecule has 5 rings (SSSR count). The molecule has 0 unspecified atom stereocenters. The van der Waals surface area contributed by atoms with Crippen molar-refractivity contribution in [2.45, 2.75) is 6.42 Å². The van der Waals surface area contributed by atoms with Crippen LogP contribution in [0.5, 0.6) is 11.5 Å². The highest BCUT2D eigenvalue weighted by Gasteiger charge is 2.24. The number of nitrogens with zero attached hydrogens (tertiary/aromatic N) is 2. The van der Waals surface area contributed by atoms with Crippen molar-refractivity contribution in [1.82, 2.24) is 9.88 Å². The molecule has 0 aliphatic carbocycles. The number of aromatic nitrogens is 1. The number of pyridine rings is 1. The first-order valence-corrected chi connectivity index (χ1v) is 8.89. The Morgan fingerprint density at radius 3 is 2.58 bits per heavy atom. The first-order chi connectivity index (χ1) is 12.8. The van der Waals surface area contributed by atoms with Crippen LogP contribution in [-0.4, -0.2) is 42.1 Å². The predicted molar refractivity (Wildman–Crippen MR) is 98.7 cm³/mol. The van der Waals surface area contributed by atoms with Crippen LogP contribution in [0.25, 0.3) is 22.2 Å². The minimum Gasteiger partial charge on any atom is -0.486 e. The molecule has 2 aromatic carbocycles. The zero-order valence-electron chi connectivity index (χ0n) is 14.3. The molecular formula is C21H18N2O3. The molecule has 5 heteroatoms. The number of fused-ring (bicyclic) bond motifs is 2. The molecule has 1 aromatic heterocycles. The van der Waals surface area contributed by atoms with Gasteiger partial charge < -0.3 is 14.4 Å². The number of amides is 1. The molecule has 0 saturated carbocycles. The van der Waals surface area contributed by atoms with Crippen LogP contribution in [0.3, 0.4) is 0 Å². The molecule has 3 aromatic rings. The molecular weight excluding hydrogens is 328 g/mol. The number of carbonyl (C=O) groups is 1. The Morgan fingerprint density at radius 1 is 0.962 bits per heavy atom. The fourth-order valence-electron chi connectivity index (χ4n) is 3.39. The average Bonchev–Trinajstić information content (AvgIpc) is 2.65. The van der Waals surface area contributed by atoms with Crippen LogP contribution in [0.4, 0.5) is 0 Å². The number of rotatable bonds is 2. The summed E-state index contributed by atoms with van der Waals surface area (Å²) in [5.74, 6) is 1.55. The van der Waals surface area contributed by atoms with Gasteiger partial charge in [-0.1, -0.05) is 18.2 Å². The zero-order valence-corrected chi connectivity index (χ0v) is 14.3. The van der Waals surface area contributed by atoms with Gasteiger partial charge in [0.2, 0.25) is 0 Å². The van der Waals surface area contributed by atoms with Gasteiger partial charge in [-0.05, 0) is 36.8 Å². The maximum Gasteiger partial charge on any atom is 0.254 e. The molecule has 26 heavy (non-hydrogen) atoms. The molecule has 130 valence electrons. The van der Waals surface area contributed by atoms with Crippen LogP contribution in [0, 0.1) is 0 Å². The van der Waals surface area contributed by atoms with Gasteiger partial charge in [-0.25, -0.2) is 4.98 Å². The summed E-state index contributed by atoms with van der Waals surface area (Å²) in [7, 11) is 0. The summed E-state index contributed by atoms with van der Waals surface area (Å²) >= 11 is 0. The zero-order chi connectivity index (χ0) is 17.5. The highest BCUT2D eigenvalue weighted by atomic mass is 16.6. The van der Waals surface area contributed by atoms with Gasteiger partial charge in [0.15, 0.2) is 11.5 Å². The lowest BCUT2D eigenvalue weighted by atomic mass is 10.0. The summed E-state index contributed by atoms with van der Waals surface area (Å²) in [6, 6.07) is 15.5. The summed E-state index contributed by atoms with van der Waals surface area (Å²) in [6.07, 6.45) is 1.07. The van der Waals surface area contributed by atoms with E-state index in [1.165, 1.54) is 0 Å². The molecule has 2 aliphatic heterocycles. The van der Waals surface area contributed by atoms with Crippen LogP contribution in [0.1, 0.15) is 16.8 Å². The van der Waals surface area contributed by atoms with E-state index in [0.717, 1.165) is 53.2 Å². The van der Waals surface area contributed by atoms with E-state index >= 15 is 0 Å². The number of likely N-dealkylation sites (tertiary alicyclic amines) is 1. The number of benzene rings is 2. The maximum atomic E-state index is 12.9. The summed E-state index contributed by atoms with van der Waals surface area (Å²) in [5, 5.41) is 0.894. The average molecular weight is 346 g/mol. The SMILES string of the molecule is O=C(c1cc(-c2ccc3c(c2)OCCO3)nc2ccccc12)N1CCC1. The van der Waals surface area contributed by atoms with Crippen LogP contribution in [0.15, 0.2) is 48.5 Å². The van der Waals surface area contributed by atoms with E-state index in [-0.39, 0.29) is 5.91 Å². The van der Waals surface area contributed by atoms with Crippen LogP contribution >= 0.6 is 0 Å². The minimum absolute atomic E-state index is 0.0774. The van der Waals surface area contributed by atoms with E-state index in [0.29, 0.717) is 18.8 Å². The normalized spacial score (nSPS) is 15.6. The van der Waals surface area contributed by atoms with Gasteiger partial charge in [-0.2, -0.15) is 0 Å². The lowest BCUT2D eigenvalue weighted by Gasteiger charge is -2.31. The Kier molecular flexibility index (Phi) is 3.52. The Labute approximate surface area is 151 Å². The highest BCUT2D eigenvalue weighted by molar-refractivity contribution is 6.07. The van der Waals surface area contributed by atoms with E-state index < -0.39 is 0 Å². The molecule has 0 atom stereocenters. The second-order valence-corrected chi connectivity index (χ2v) is 6.58. The Balaban J connectivity index is 1.65. The quantitative estimate of drug-likeness (QED) is 0.712. The molecule has 1 saturated heterocycles. The predicted octanol–water partition coefficient (Wildman–Crippen LogP) is 3.52. The van der Waals surface area contributed by atoms with E-state index in [1.54, 1.807) is 0 Å². The fraction of sp³-hybridized carbons (Fsp3) is 0.238. The molecule has 0 N–H and O–H groups in total. The molecule has 5 nitrogen and oxygen atoms in total. The van der Waals surface area contributed by atoms with Crippen LogP contribution in [-0.2, 0) is 0 Å². The number of hydrogen-bond acceptors (Lipinski definition) is 4. The van der Waals surface area contributed by atoms with E-state index in [4.69, 9.17) is 14.5 Å². The molecule has 0 radical (unpaired) electrons. The second-order valence-electron chi connectivity index (χ2n) is 6.58. The second kappa shape index (κ2) is 6.02. The van der Waals surface area contributed by atoms with E-state index in [2.05, 4.69) is 0 Å². The lowest BCUT2D eigenvalue weighted by molar-refractivity contribution is 0.0654. The number of ether oxygens (including phenoxy) is 2. The molecule has 3 heterocycles. The van der Waals surface area contributed by atoms with Crippen LogP contribution in [0.2, 0.25) is 0 Å². The third kappa shape index (κ3) is 2.47. The van der Waals surface area contributed by atoms with E-state index in [1.807, 2.05) is 53.4 Å². The number of hydrogen-bond donors (Lipinski definition) is 0. The van der Waals surface area contributed by atoms with Crippen molar-refractivity contribution in [2.24, 2.45) is 0 Å². The highest BCUT2D eigenvalue weighted by Crippen LogP contribution is 2.35. The summed E-state index contributed by atoms with van der Waals surface area (Å²) in [5.41, 5.74) is 3.21.